The van der Waals surface area contributed by atoms with Crippen molar-refractivity contribution in [3.8, 4) is 0 Å². The number of non-ortho nitro benzene ring substituents is 1. The van der Waals surface area contributed by atoms with Crippen molar-refractivity contribution in [3.05, 3.63) is 134 Å². The van der Waals surface area contributed by atoms with Crippen LogP contribution < -0.4 is 10.6 Å². The maximum atomic E-state index is 13.4. The Kier molecular flexibility index (Phi) is 7.09. The fourth-order valence-corrected chi connectivity index (χ4v) is 5.60. The van der Waals surface area contributed by atoms with Gasteiger partial charge in [0, 0.05) is 40.2 Å². The molecule has 0 aliphatic carbocycles. The number of rotatable bonds is 7. The molecule has 41 heavy (non-hydrogen) atoms. The number of nitrogens with zero attached hydrogens (tertiary/aromatic N) is 2. The van der Waals surface area contributed by atoms with Crippen LogP contribution in [0.2, 0.25) is 0 Å². The minimum absolute atomic E-state index is 0.116. The number of benzene rings is 4. The zero-order valence-corrected chi connectivity index (χ0v) is 22.6. The molecule has 8 nitrogen and oxygen atoms in total. The first-order chi connectivity index (χ1) is 19.9. The van der Waals surface area contributed by atoms with Crippen molar-refractivity contribution in [2.75, 3.05) is 10.6 Å². The summed E-state index contributed by atoms with van der Waals surface area (Å²) in [5, 5.41) is 21.4. The smallest absolute Gasteiger partial charge is 0.271 e. The SMILES string of the molecule is O=C(Cc1cccs1)Nc1ccc(C2=NC(Cc3ccc4ccccc4c3)C(=O)Nc3cc([N+](=O)[O-])ccc32)cc1. The Labute approximate surface area is 239 Å². The minimum atomic E-state index is -0.761. The largest absolute Gasteiger partial charge is 0.326 e. The first-order valence-corrected chi connectivity index (χ1v) is 13.9. The zero-order valence-electron chi connectivity index (χ0n) is 21.7. The molecule has 5 aromatic rings. The Morgan fingerprint density at radius 3 is 2.51 bits per heavy atom. The van der Waals surface area contributed by atoms with Crippen molar-refractivity contribution in [3.63, 3.8) is 0 Å². The fraction of sp³-hybridized carbons (Fsp3) is 0.0938. The summed E-state index contributed by atoms with van der Waals surface area (Å²) in [5.41, 5.74) is 3.63. The van der Waals surface area contributed by atoms with E-state index in [0.29, 0.717) is 35.5 Å². The number of nitro groups is 1. The Balaban J connectivity index is 1.33. The molecular formula is C32H24N4O4S. The van der Waals surface area contributed by atoms with Crippen LogP contribution in [0.15, 0.2) is 107 Å². The summed E-state index contributed by atoms with van der Waals surface area (Å²) in [5.74, 6) is -0.456. The number of anilines is 2. The lowest BCUT2D eigenvalue weighted by atomic mass is 9.99. The summed E-state index contributed by atoms with van der Waals surface area (Å²) in [6, 6.07) is 28.7. The van der Waals surface area contributed by atoms with Gasteiger partial charge in [0.1, 0.15) is 6.04 Å². The van der Waals surface area contributed by atoms with Gasteiger partial charge in [0.05, 0.1) is 22.7 Å². The molecule has 202 valence electrons. The topological polar surface area (TPSA) is 114 Å². The summed E-state index contributed by atoms with van der Waals surface area (Å²) >= 11 is 1.53. The van der Waals surface area contributed by atoms with Crippen molar-refractivity contribution in [1.82, 2.24) is 0 Å². The Morgan fingerprint density at radius 2 is 1.76 bits per heavy atom. The first-order valence-electron chi connectivity index (χ1n) is 13.0. The molecule has 9 heteroatoms. The number of carbonyl (C=O) groups excluding carboxylic acids is 2. The van der Waals surface area contributed by atoms with E-state index < -0.39 is 11.0 Å². The van der Waals surface area contributed by atoms with E-state index in [9.17, 15) is 19.7 Å². The van der Waals surface area contributed by atoms with E-state index >= 15 is 0 Å². The highest BCUT2D eigenvalue weighted by Gasteiger charge is 2.27. The van der Waals surface area contributed by atoms with E-state index in [1.54, 1.807) is 18.2 Å². The Morgan fingerprint density at radius 1 is 0.951 bits per heavy atom. The second-order valence-corrected chi connectivity index (χ2v) is 10.8. The van der Waals surface area contributed by atoms with E-state index in [1.165, 1.54) is 23.5 Å². The molecule has 2 heterocycles. The van der Waals surface area contributed by atoms with Gasteiger partial charge in [0.25, 0.3) is 5.69 Å². The molecule has 6 rings (SSSR count). The van der Waals surface area contributed by atoms with Crippen LogP contribution >= 0.6 is 11.3 Å². The Hall–Kier alpha value is -5.15. The predicted molar refractivity (Wildman–Crippen MR) is 162 cm³/mol. The number of nitrogens with one attached hydrogen (secondary N) is 2. The van der Waals surface area contributed by atoms with E-state index in [1.807, 2.05) is 72.1 Å². The van der Waals surface area contributed by atoms with Crippen LogP contribution in [-0.4, -0.2) is 28.5 Å². The van der Waals surface area contributed by atoms with Crippen LogP contribution in [0, 0.1) is 10.1 Å². The zero-order chi connectivity index (χ0) is 28.3. The van der Waals surface area contributed by atoms with E-state index in [-0.39, 0.29) is 17.5 Å². The average Bonchev–Trinajstić information content (AvgIpc) is 3.44. The van der Waals surface area contributed by atoms with E-state index in [4.69, 9.17) is 4.99 Å². The average molecular weight is 561 g/mol. The second kappa shape index (κ2) is 11.1. The normalized spacial score (nSPS) is 14.5. The van der Waals surface area contributed by atoms with Crippen LogP contribution in [0.1, 0.15) is 21.6 Å². The molecule has 0 saturated heterocycles. The molecular weight excluding hydrogens is 536 g/mol. The van der Waals surface area contributed by atoms with Crippen LogP contribution in [-0.2, 0) is 22.4 Å². The predicted octanol–water partition coefficient (Wildman–Crippen LogP) is 6.39. The molecule has 1 aliphatic heterocycles. The Bertz CT molecular complexity index is 1810. The third-order valence-corrected chi connectivity index (χ3v) is 7.79. The van der Waals surface area contributed by atoms with Crippen LogP contribution in [0.25, 0.3) is 10.8 Å². The van der Waals surface area contributed by atoms with Gasteiger partial charge >= 0.3 is 0 Å². The lowest BCUT2D eigenvalue weighted by molar-refractivity contribution is -0.384. The molecule has 1 unspecified atom stereocenters. The number of fused-ring (bicyclic) bond motifs is 2. The molecule has 0 bridgehead atoms. The van der Waals surface area contributed by atoms with E-state index in [0.717, 1.165) is 26.8 Å². The molecule has 1 aliphatic rings. The van der Waals surface area contributed by atoms with Crippen molar-refractivity contribution < 1.29 is 14.5 Å². The van der Waals surface area contributed by atoms with Crippen LogP contribution in [0.3, 0.4) is 0 Å². The van der Waals surface area contributed by atoms with Gasteiger partial charge in [0.2, 0.25) is 11.8 Å². The summed E-state index contributed by atoms with van der Waals surface area (Å²) in [4.78, 5) is 42.7. The molecule has 0 spiro atoms. The third kappa shape index (κ3) is 5.75. The fourth-order valence-electron chi connectivity index (χ4n) is 4.90. The molecule has 0 fully saturated rings. The van der Waals surface area contributed by atoms with Gasteiger partial charge in [-0.15, -0.1) is 11.3 Å². The van der Waals surface area contributed by atoms with Crippen LogP contribution in [0.5, 0.6) is 0 Å². The van der Waals surface area contributed by atoms with Crippen LogP contribution in [0.4, 0.5) is 17.1 Å². The third-order valence-electron chi connectivity index (χ3n) is 6.91. The van der Waals surface area contributed by atoms with Gasteiger partial charge in [-0.05, 0) is 46.0 Å². The number of thiophene rings is 1. The van der Waals surface area contributed by atoms with Crippen molar-refractivity contribution in [2.24, 2.45) is 4.99 Å². The van der Waals surface area contributed by atoms with Gasteiger partial charge < -0.3 is 10.6 Å². The number of hydrogen-bond acceptors (Lipinski definition) is 6. The lowest BCUT2D eigenvalue weighted by Gasteiger charge is -2.12. The van der Waals surface area contributed by atoms with Crippen molar-refractivity contribution in [2.45, 2.75) is 18.9 Å². The quantitative estimate of drug-likeness (QED) is 0.177. The van der Waals surface area contributed by atoms with Gasteiger partial charge in [-0.1, -0.05) is 60.7 Å². The summed E-state index contributed by atoms with van der Waals surface area (Å²) < 4.78 is 0. The highest BCUT2D eigenvalue weighted by Crippen LogP contribution is 2.30. The summed E-state index contributed by atoms with van der Waals surface area (Å²) in [6.45, 7) is 0. The highest BCUT2D eigenvalue weighted by atomic mass is 32.1. The molecule has 2 amide bonds. The summed E-state index contributed by atoms with van der Waals surface area (Å²) in [7, 11) is 0. The maximum absolute atomic E-state index is 13.4. The lowest BCUT2D eigenvalue weighted by Crippen LogP contribution is -2.27. The molecule has 1 aromatic heterocycles. The number of carbonyl (C=O) groups is 2. The second-order valence-electron chi connectivity index (χ2n) is 9.74. The molecule has 2 N–H and O–H groups in total. The standard InChI is InChI=1S/C32H24N4O4S/c37-30(19-26-6-3-15-41-26)33-24-11-9-22(10-12-24)31-27-14-13-25(36(39)40)18-28(27)35-32(38)29(34-31)17-20-7-8-21-4-1-2-5-23(21)16-20/h1-16,18,29H,17,19H2,(H,33,37)(H,35,38). The molecule has 4 aromatic carbocycles. The highest BCUT2D eigenvalue weighted by molar-refractivity contribution is 7.10. The minimum Gasteiger partial charge on any atom is -0.326 e. The number of aliphatic imine (C=N–C) groups is 1. The van der Waals surface area contributed by atoms with Crippen molar-refractivity contribution >= 4 is 56.7 Å². The van der Waals surface area contributed by atoms with E-state index in [2.05, 4.69) is 10.6 Å². The van der Waals surface area contributed by atoms with Crippen molar-refractivity contribution in [1.29, 1.82) is 0 Å². The number of benzodiazepines with no additional fused rings is 1. The van der Waals surface area contributed by atoms with Gasteiger partial charge in [-0.3, -0.25) is 24.7 Å². The first kappa shape index (κ1) is 26.1. The van der Waals surface area contributed by atoms with Gasteiger partial charge in [-0.25, -0.2) is 0 Å². The molecule has 0 saturated carbocycles. The number of amides is 2. The van der Waals surface area contributed by atoms with Gasteiger partial charge in [0.15, 0.2) is 0 Å². The maximum Gasteiger partial charge on any atom is 0.271 e. The monoisotopic (exact) mass is 560 g/mol. The molecule has 1 atom stereocenters. The molecule has 0 radical (unpaired) electrons. The number of nitro benzene ring substituents is 1. The number of hydrogen-bond donors (Lipinski definition) is 2. The van der Waals surface area contributed by atoms with Gasteiger partial charge in [-0.2, -0.15) is 0 Å². The summed E-state index contributed by atoms with van der Waals surface area (Å²) in [6.07, 6.45) is 0.648.